The molecule has 4 rings (SSSR count). The van der Waals surface area contributed by atoms with E-state index in [0.717, 1.165) is 27.8 Å². The molecular formula is C22H18N2OS. The first kappa shape index (κ1) is 16.5. The van der Waals surface area contributed by atoms with Crippen LogP contribution < -0.4 is 5.32 Å². The van der Waals surface area contributed by atoms with E-state index in [1.807, 2.05) is 55.6 Å². The first-order valence-corrected chi connectivity index (χ1v) is 9.32. The Balaban J connectivity index is 1.64. The molecule has 0 fully saturated rings. The Morgan fingerprint density at radius 2 is 1.81 bits per heavy atom. The molecule has 4 heteroatoms. The van der Waals surface area contributed by atoms with E-state index >= 15 is 0 Å². The second-order valence-corrected chi connectivity index (χ2v) is 7.20. The molecule has 0 spiro atoms. The fourth-order valence-electron chi connectivity index (χ4n) is 3.05. The van der Waals surface area contributed by atoms with Crippen molar-refractivity contribution in [2.24, 2.45) is 0 Å². The van der Waals surface area contributed by atoms with E-state index in [9.17, 15) is 4.79 Å². The summed E-state index contributed by atoms with van der Waals surface area (Å²) in [5.41, 5.74) is 4.66. The van der Waals surface area contributed by atoms with Gasteiger partial charge < -0.3 is 0 Å². The van der Waals surface area contributed by atoms with Crippen LogP contribution in [0.4, 0.5) is 5.13 Å². The van der Waals surface area contributed by atoms with Crippen LogP contribution in [0.15, 0.2) is 66.0 Å². The summed E-state index contributed by atoms with van der Waals surface area (Å²) in [5.74, 6) is -0.120. The van der Waals surface area contributed by atoms with Gasteiger partial charge in [-0.25, -0.2) is 4.98 Å². The third kappa shape index (κ3) is 3.11. The molecule has 0 bridgehead atoms. The van der Waals surface area contributed by atoms with Crippen molar-refractivity contribution in [3.05, 3.63) is 82.7 Å². The van der Waals surface area contributed by atoms with Crippen LogP contribution in [0, 0.1) is 13.8 Å². The van der Waals surface area contributed by atoms with Crippen molar-refractivity contribution >= 4 is 33.1 Å². The Morgan fingerprint density at radius 3 is 2.69 bits per heavy atom. The molecule has 1 amide bonds. The zero-order chi connectivity index (χ0) is 18.1. The summed E-state index contributed by atoms with van der Waals surface area (Å²) in [5, 5.41) is 7.87. The van der Waals surface area contributed by atoms with Crippen LogP contribution >= 0.6 is 11.3 Å². The molecule has 1 heterocycles. The highest BCUT2D eigenvalue weighted by molar-refractivity contribution is 7.14. The summed E-state index contributed by atoms with van der Waals surface area (Å²) in [6.07, 6.45) is 0. The lowest BCUT2D eigenvalue weighted by Gasteiger charge is -2.06. The number of fused-ring (bicyclic) bond motifs is 1. The number of carbonyl (C=O) groups is 1. The van der Waals surface area contributed by atoms with E-state index in [2.05, 4.69) is 34.6 Å². The van der Waals surface area contributed by atoms with Crippen molar-refractivity contribution in [3.63, 3.8) is 0 Å². The second-order valence-electron chi connectivity index (χ2n) is 6.34. The molecule has 1 aromatic heterocycles. The maximum Gasteiger partial charge on any atom is 0.257 e. The SMILES string of the molecule is Cc1ccc(C)c(C(=O)Nc2nc(-c3cccc4ccccc34)cs2)c1. The molecule has 0 aliphatic heterocycles. The number of amides is 1. The Kier molecular flexibility index (Phi) is 4.27. The zero-order valence-corrected chi connectivity index (χ0v) is 15.4. The smallest absolute Gasteiger partial charge is 0.257 e. The van der Waals surface area contributed by atoms with Gasteiger partial charge in [-0.1, -0.05) is 60.2 Å². The van der Waals surface area contributed by atoms with Crippen molar-refractivity contribution in [3.8, 4) is 11.3 Å². The quantitative estimate of drug-likeness (QED) is 0.500. The number of hydrogen-bond donors (Lipinski definition) is 1. The van der Waals surface area contributed by atoms with Crippen LogP contribution in [0.3, 0.4) is 0 Å². The average molecular weight is 358 g/mol. The minimum absolute atomic E-state index is 0.120. The van der Waals surface area contributed by atoms with Crippen LogP contribution in [0.1, 0.15) is 21.5 Å². The normalized spacial score (nSPS) is 10.8. The second kappa shape index (κ2) is 6.73. The standard InChI is InChI=1S/C22H18N2OS/c1-14-10-11-15(2)19(12-14)21(25)24-22-23-20(13-26-22)18-9-5-7-16-6-3-4-8-17(16)18/h3-13H,1-2H3,(H,23,24,25). The minimum Gasteiger partial charge on any atom is -0.298 e. The number of thiazole rings is 1. The number of nitrogens with zero attached hydrogens (tertiary/aromatic N) is 1. The fourth-order valence-corrected chi connectivity index (χ4v) is 3.75. The number of carbonyl (C=O) groups excluding carboxylic acids is 1. The number of anilines is 1. The summed E-state index contributed by atoms with van der Waals surface area (Å²) in [7, 11) is 0. The van der Waals surface area contributed by atoms with E-state index in [0.29, 0.717) is 10.7 Å². The van der Waals surface area contributed by atoms with Crippen molar-refractivity contribution in [2.45, 2.75) is 13.8 Å². The minimum atomic E-state index is -0.120. The van der Waals surface area contributed by atoms with E-state index in [1.54, 1.807) is 0 Å². The monoisotopic (exact) mass is 358 g/mol. The van der Waals surface area contributed by atoms with Gasteiger partial charge in [0.15, 0.2) is 5.13 Å². The molecule has 1 N–H and O–H groups in total. The van der Waals surface area contributed by atoms with E-state index in [-0.39, 0.29) is 5.91 Å². The largest absolute Gasteiger partial charge is 0.298 e. The molecular weight excluding hydrogens is 340 g/mol. The molecule has 0 aliphatic rings. The van der Waals surface area contributed by atoms with Gasteiger partial charge in [-0.3, -0.25) is 10.1 Å². The summed E-state index contributed by atoms with van der Waals surface area (Å²) < 4.78 is 0. The third-order valence-corrected chi connectivity index (χ3v) is 5.19. The fraction of sp³-hybridized carbons (Fsp3) is 0.0909. The number of aromatic nitrogens is 1. The lowest BCUT2D eigenvalue weighted by Crippen LogP contribution is -2.13. The van der Waals surface area contributed by atoms with Crippen LogP contribution in [0.2, 0.25) is 0 Å². The van der Waals surface area contributed by atoms with Crippen LogP contribution in [-0.4, -0.2) is 10.9 Å². The number of benzene rings is 3. The Labute approximate surface area is 156 Å². The van der Waals surface area contributed by atoms with Gasteiger partial charge in [-0.2, -0.15) is 0 Å². The van der Waals surface area contributed by atoms with Crippen molar-refractivity contribution in [1.82, 2.24) is 4.98 Å². The maximum atomic E-state index is 12.6. The third-order valence-electron chi connectivity index (χ3n) is 4.43. The number of aryl methyl sites for hydroxylation is 2. The number of hydrogen-bond acceptors (Lipinski definition) is 3. The highest BCUT2D eigenvalue weighted by atomic mass is 32.1. The lowest BCUT2D eigenvalue weighted by molar-refractivity contribution is 0.102. The summed E-state index contributed by atoms with van der Waals surface area (Å²) in [4.78, 5) is 17.2. The highest BCUT2D eigenvalue weighted by Crippen LogP contribution is 2.31. The Bertz CT molecular complexity index is 1110. The van der Waals surface area contributed by atoms with E-state index in [1.165, 1.54) is 16.7 Å². The average Bonchev–Trinajstić information content (AvgIpc) is 3.11. The van der Waals surface area contributed by atoms with Gasteiger partial charge in [0.2, 0.25) is 0 Å². The summed E-state index contributed by atoms with van der Waals surface area (Å²) in [6.45, 7) is 3.93. The molecule has 0 atom stereocenters. The molecule has 26 heavy (non-hydrogen) atoms. The van der Waals surface area contributed by atoms with E-state index < -0.39 is 0 Å². The van der Waals surface area contributed by atoms with Gasteiger partial charge in [0.05, 0.1) is 5.69 Å². The molecule has 0 unspecified atom stereocenters. The van der Waals surface area contributed by atoms with Gasteiger partial charge >= 0.3 is 0 Å². The number of rotatable bonds is 3. The Morgan fingerprint density at radius 1 is 1.00 bits per heavy atom. The van der Waals surface area contributed by atoms with Crippen molar-refractivity contribution in [1.29, 1.82) is 0 Å². The number of nitrogens with one attached hydrogen (secondary N) is 1. The molecule has 3 nitrogen and oxygen atoms in total. The molecule has 4 aromatic rings. The predicted octanol–water partition coefficient (Wildman–Crippen LogP) is 5.83. The lowest BCUT2D eigenvalue weighted by atomic mass is 10.0. The first-order valence-electron chi connectivity index (χ1n) is 8.44. The van der Waals surface area contributed by atoms with Crippen LogP contribution in [0.5, 0.6) is 0 Å². The molecule has 0 aliphatic carbocycles. The van der Waals surface area contributed by atoms with Crippen LogP contribution in [-0.2, 0) is 0 Å². The highest BCUT2D eigenvalue weighted by Gasteiger charge is 2.13. The zero-order valence-electron chi connectivity index (χ0n) is 14.6. The summed E-state index contributed by atoms with van der Waals surface area (Å²) >= 11 is 1.44. The summed E-state index contributed by atoms with van der Waals surface area (Å²) in [6, 6.07) is 20.3. The molecule has 128 valence electrons. The van der Waals surface area contributed by atoms with Gasteiger partial charge in [0.25, 0.3) is 5.91 Å². The Hall–Kier alpha value is -2.98. The van der Waals surface area contributed by atoms with E-state index in [4.69, 9.17) is 0 Å². The topological polar surface area (TPSA) is 42.0 Å². The van der Waals surface area contributed by atoms with Gasteiger partial charge in [0, 0.05) is 16.5 Å². The van der Waals surface area contributed by atoms with Crippen LogP contribution in [0.25, 0.3) is 22.0 Å². The molecule has 3 aromatic carbocycles. The first-order chi connectivity index (χ1) is 12.6. The molecule has 0 saturated heterocycles. The van der Waals surface area contributed by atoms with Crippen molar-refractivity contribution in [2.75, 3.05) is 5.32 Å². The maximum absolute atomic E-state index is 12.6. The van der Waals surface area contributed by atoms with Gasteiger partial charge in [-0.05, 0) is 36.2 Å². The molecule has 0 saturated carbocycles. The predicted molar refractivity (Wildman–Crippen MR) is 109 cm³/mol. The molecule has 0 radical (unpaired) electrons. The van der Waals surface area contributed by atoms with Gasteiger partial charge in [0.1, 0.15) is 0 Å². The van der Waals surface area contributed by atoms with Gasteiger partial charge in [-0.15, -0.1) is 11.3 Å². The van der Waals surface area contributed by atoms with Crippen molar-refractivity contribution < 1.29 is 4.79 Å².